The predicted octanol–water partition coefficient (Wildman–Crippen LogP) is 3.60. The van der Waals surface area contributed by atoms with E-state index in [1.807, 2.05) is 18.4 Å². The topological polar surface area (TPSA) is 39.2 Å². The highest BCUT2D eigenvalue weighted by molar-refractivity contribution is 5.86. The molecule has 3 aromatic rings. The van der Waals surface area contributed by atoms with Crippen LogP contribution >= 0.6 is 0 Å². The highest BCUT2D eigenvalue weighted by Gasteiger charge is 2.06. The third-order valence-corrected chi connectivity index (χ3v) is 3.17. The first kappa shape index (κ1) is 11.1. The van der Waals surface area contributed by atoms with Crippen molar-refractivity contribution >= 4 is 11.0 Å². The lowest BCUT2D eigenvalue weighted by Gasteiger charge is -2.02. The summed E-state index contributed by atoms with van der Waals surface area (Å²) in [6.45, 7) is 0.643. The smallest absolute Gasteiger partial charge is 0.134 e. The minimum absolute atomic E-state index is 0.643. The molecule has 0 aliphatic rings. The van der Waals surface area contributed by atoms with E-state index in [-0.39, 0.29) is 0 Å². The van der Waals surface area contributed by atoms with Gasteiger partial charge in [-0.3, -0.25) is 0 Å². The monoisotopic (exact) mass is 237 g/mol. The molecule has 2 nitrogen and oxygen atoms in total. The van der Waals surface area contributed by atoms with Gasteiger partial charge in [-0.05, 0) is 41.8 Å². The minimum Gasteiger partial charge on any atom is -0.464 e. The molecule has 2 N–H and O–H groups in total. The van der Waals surface area contributed by atoms with Gasteiger partial charge in [0.15, 0.2) is 0 Å². The number of nitrogens with two attached hydrogens (primary N) is 1. The molecule has 0 aliphatic carbocycles. The Hall–Kier alpha value is -2.06. The maximum atomic E-state index is 5.62. The molecule has 1 heterocycles. The molecular weight excluding hydrogens is 222 g/mol. The van der Waals surface area contributed by atoms with Gasteiger partial charge in [-0.15, -0.1) is 0 Å². The molecule has 0 radical (unpaired) electrons. The number of hydrogen-bond donors (Lipinski definition) is 1. The van der Waals surface area contributed by atoms with Crippen molar-refractivity contribution < 1.29 is 4.42 Å². The summed E-state index contributed by atoms with van der Waals surface area (Å²) < 4.78 is 5.54. The van der Waals surface area contributed by atoms with Crippen LogP contribution in [-0.2, 0) is 6.42 Å². The van der Waals surface area contributed by atoms with E-state index in [1.165, 1.54) is 22.1 Å². The quantitative estimate of drug-likeness (QED) is 0.756. The van der Waals surface area contributed by atoms with E-state index in [1.54, 1.807) is 0 Å². The summed E-state index contributed by atoms with van der Waals surface area (Å²) in [5, 5.41) is 1.17. The predicted molar refractivity (Wildman–Crippen MR) is 74.4 cm³/mol. The first-order valence-corrected chi connectivity index (χ1v) is 6.14. The van der Waals surface area contributed by atoms with Crippen molar-refractivity contribution in [3.8, 4) is 11.1 Å². The zero-order chi connectivity index (χ0) is 12.4. The summed E-state index contributed by atoms with van der Waals surface area (Å²) in [7, 11) is 0. The van der Waals surface area contributed by atoms with Crippen LogP contribution in [-0.4, -0.2) is 6.54 Å². The van der Waals surface area contributed by atoms with Crippen molar-refractivity contribution in [1.82, 2.24) is 0 Å². The van der Waals surface area contributed by atoms with Crippen molar-refractivity contribution in [2.45, 2.75) is 6.42 Å². The van der Waals surface area contributed by atoms with Crippen LogP contribution in [0.15, 0.2) is 59.2 Å². The van der Waals surface area contributed by atoms with Gasteiger partial charge >= 0.3 is 0 Å². The average molecular weight is 237 g/mol. The maximum absolute atomic E-state index is 5.62. The summed E-state index contributed by atoms with van der Waals surface area (Å²) in [6.07, 6.45) is 2.66. The van der Waals surface area contributed by atoms with E-state index in [4.69, 9.17) is 10.2 Å². The standard InChI is InChI=1S/C16H15NO/c17-9-8-14-11-18-16-7-6-13(10-15(14)16)12-4-2-1-3-5-12/h1-7,10-11H,8-9,17H2. The van der Waals surface area contributed by atoms with Crippen molar-refractivity contribution in [2.24, 2.45) is 5.73 Å². The molecule has 90 valence electrons. The van der Waals surface area contributed by atoms with Crippen molar-refractivity contribution in [1.29, 1.82) is 0 Å². The number of benzene rings is 2. The van der Waals surface area contributed by atoms with E-state index >= 15 is 0 Å². The molecule has 1 aromatic heterocycles. The van der Waals surface area contributed by atoms with Gasteiger partial charge in [0.25, 0.3) is 0 Å². The molecule has 0 amide bonds. The Morgan fingerprint density at radius 1 is 0.944 bits per heavy atom. The van der Waals surface area contributed by atoms with Crippen LogP contribution in [0.4, 0.5) is 0 Å². The molecule has 0 fully saturated rings. The van der Waals surface area contributed by atoms with Gasteiger partial charge < -0.3 is 10.2 Å². The van der Waals surface area contributed by atoms with Gasteiger partial charge in [0.1, 0.15) is 5.58 Å². The average Bonchev–Trinajstić information content (AvgIpc) is 2.83. The van der Waals surface area contributed by atoms with Gasteiger partial charge in [-0.1, -0.05) is 36.4 Å². The Morgan fingerprint density at radius 3 is 2.56 bits per heavy atom. The summed E-state index contributed by atoms with van der Waals surface area (Å²) in [6, 6.07) is 16.7. The van der Waals surface area contributed by atoms with Gasteiger partial charge in [-0.2, -0.15) is 0 Å². The second kappa shape index (κ2) is 4.67. The number of rotatable bonds is 3. The maximum Gasteiger partial charge on any atom is 0.134 e. The van der Waals surface area contributed by atoms with Crippen LogP contribution in [0.1, 0.15) is 5.56 Å². The molecule has 0 unspecified atom stereocenters. The number of hydrogen-bond acceptors (Lipinski definition) is 2. The Kier molecular flexibility index (Phi) is 2.87. The molecule has 3 rings (SSSR count). The molecular formula is C16H15NO. The van der Waals surface area contributed by atoms with Gasteiger partial charge in [-0.25, -0.2) is 0 Å². The van der Waals surface area contributed by atoms with E-state index in [0.29, 0.717) is 6.54 Å². The molecule has 2 heteroatoms. The Balaban J connectivity index is 2.12. The Morgan fingerprint density at radius 2 is 1.78 bits per heavy atom. The Bertz CT molecular complexity index is 655. The van der Waals surface area contributed by atoms with Crippen molar-refractivity contribution in [2.75, 3.05) is 6.54 Å². The minimum atomic E-state index is 0.643. The summed E-state index contributed by atoms with van der Waals surface area (Å²) in [5.41, 5.74) is 10.2. The van der Waals surface area contributed by atoms with E-state index in [2.05, 4.69) is 36.4 Å². The fourth-order valence-corrected chi connectivity index (χ4v) is 2.24. The van der Waals surface area contributed by atoms with Crippen molar-refractivity contribution in [3.05, 3.63) is 60.4 Å². The lowest BCUT2D eigenvalue weighted by Crippen LogP contribution is -2.01. The van der Waals surface area contributed by atoms with Crippen LogP contribution < -0.4 is 5.73 Å². The van der Waals surface area contributed by atoms with Crippen LogP contribution in [0.3, 0.4) is 0 Å². The summed E-state index contributed by atoms with van der Waals surface area (Å²) in [5.74, 6) is 0. The molecule has 2 aromatic carbocycles. The van der Waals surface area contributed by atoms with Crippen LogP contribution in [0, 0.1) is 0 Å². The van der Waals surface area contributed by atoms with Crippen LogP contribution in [0.2, 0.25) is 0 Å². The van der Waals surface area contributed by atoms with Gasteiger partial charge in [0.05, 0.1) is 6.26 Å². The zero-order valence-corrected chi connectivity index (χ0v) is 10.1. The van der Waals surface area contributed by atoms with Gasteiger partial charge in [0, 0.05) is 5.39 Å². The third kappa shape index (κ3) is 1.91. The molecule has 0 saturated heterocycles. The fraction of sp³-hybridized carbons (Fsp3) is 0.125. The second-order valence-electron chi connectivity index (χ2n) is 4.38. The zero-order valence-electron chi connectivity index (χ0n) is 10.1. The highest BCUT2D eigenvalue weighted by atomic mass is 16.3. The molecule has 0 saturated carbocycles. The normalized spacial score (nSPS) is 10.9. The summed E-state index contributed by atoms with van der Waals surface area (Å²) in [4.78, 5) is 0. The second-order valence-corrected chi connectivity index (χ2v) is 4.38. The Labute approximate surface area is 106 Å². The summed E-state index contributed by atoms with van der Waals surface area (Å²) >= 11 is 0. The largest absolute Gasteiger partial charge is 0.464 e. The van der Waals surface area contributed by atoms with Crippen LogP contribution in [0.5, 0.6) is 0 Å². The number of fused-ring (bicyclic) bond motifs is 1. The molecule has 0 atom stereocenters. The molecule has 0 aliphatic heterocycles. The van der Waals surface area contributed by atoms with Crippen LogP contribution in [0.25, 0.3) is 22.1 Å². The fourth-order valence-electron chi connectivity index (χ4n) is 2.24. The first-order valence-electron chi connectivity index (χ1n) is 6.14. The number of furan rings is 1. The van der Waals surface area contributed by atoms with E-state index < -0.39 is 0 Å². The molecule has 0 spiro atoms. The third-order valence-electron chi connectivity index (χ3n) is 3.17. The van der Waals surface area contributed by atoms with E-state index in [9.17, 15) is 0 Å². The SMILES string of the molecule is NCCc1coc2ccc(-c3ccccc3)cc12. The molecule has 0 bridgehead atoms. The lowest BCUT2D eigenvalue weighted by molar-refractivity contribution is 0.610. The van der Waals surface area contributed by atoms with E-state index in [0.717, 1.165) is 12.0 Å². The highest BCUT2D eigenvalue weighted by Crippen LogP contribution is 2.27. The van der Waals surface area contributed by atoms with Gasteiger partial charge in [0.2, 0.25) is 0 Å². The lowest BCUT2D eigenvalue weighted by atomic mass is 10.0. The van der Waals surface area contributed by atoms with Crippen molar-refractivity contribution in [3.63, 3.8) is 0 Å². The first-order chi connectivity index (χ1) is 8.88. The molecule has 18 heavy (non-hydrogen) atoms.